The summed E-state index contributed by atoms with van der Waals surface area (Å²) in [5, 5.41) is 0. The first-order chi connectivity index (χ1) is 8.61. The fraction of sp³-hybridized carbons (Fsp3) is 0.600. The lowest BCUT2D eigenvalue weighted by Crippen LogP contribution is -2.43. The summed E-state index contributed by atoms with van der Waals surface area (Å²) in [4.78, 5) is 3.70. The highest BCUT2D eigenvalue weighted by molar-refractivity contribution is 7.99. The van der Waals surface area contributed by atoms with Crippen LogP contribution in [0, 0.1) is 5.92 Å². The highest BCUT2D eigenvalue weighted by Crippen LogP contribution is 2.40. The molecule has 1 atom stereocenters. The van der Waals surface area contributed by atoms with Crippen molar-refractivity contribution < 1.29 is 0 Å². The van der Waals surface area contributed by atoms with Crippen LogP contribution in [0.4, 0.5) is 0 Å². The minimum atomic E-state index is 0.423. The van der Waals surface area contributed by atoms with Gasteiger partial charge < -0.3 is 10.6 Å². The van der Waals surface area contributed by atoms with E-state index in [0.29, 0.717) is 12.1 Å². The summed E-state index contributed by atoms with van der Waals surface area (Å²) in [7, 11) is 4.34. The molecule has 1 fully saturated rings. The lowest BCUT2D eigenvalue weighted by Gasteiger charge is -2.41. The highest BCUT2D eigenvalue weighted by atomic mass is 32.2. The van der Waals surface area contributed by atoms with E-state index in [1.165, 1.54) is 10.5 Å². The van der Waals surface area contributed by atoms with E-state index in [0.717, 1.165) is 24.5 Å². The molecule has 0 bridgehead atoms. The fourth-order valence-electron chi connectivity index (χ4n) is 2.89. The Morgan fingerprint density at radius 2 is 1.89 bits per heavy atom. The van der Waals surface area contributed by atoms with Crippen molar-refractivity contribution in [3.8, 4) is 0 Å². The zero-order chi connectivity index (χ0) is 13.1. The van der Waals surface area contributed by atoms with E-state index >= 15 is 0 Å². The van der Waals surface area contributed by atoms with Crippen molar-refractivity contribution in [1.82, 2.24) is 4.90 Å². The SMILES string of the molecule is CCSc1ccc(C(C2CC(N)C2)N(C)C)cc1. The molecule has 0 aliphatic heterocycles. The third kappa shape index (κ3) is 3.08. The van der Waals surface area contributed by atoms with Gasteiger partial charge in [0.2, 0.25) is 0 Å². The molecule has 2 nitrogen and oxygen atoms in total. The summed E-state index contributed by atoms with van der Waals surface area (Å²) in [6.45, 7) is 2.19. The van der Waals surface area contributed by atoms with Gasteiger partial charge in [-0.25, -0.2) is 0 Å². The molecule has 2 N–H and O–H groups in total. The van der Waals surface area contributed by atoms with E-state index < -0.39 is 0 Å². The molecule has 1 aliphatic carbocycles. The third-order valence-electron chi connectivity index (χ3n) is 3.75. The molecular formula is C15H24N2S. The van der Waals surface area contributed by atoms with Gasteiger partial charge in [0, 0.05) is 17.0 Å². The number of nitrogens with two attached hydrogens (primary N) is 1. The predicted octanol–water partition coefficient (Wildman–Crippen LogP) is 3.14. The molecule has 1 aromatic rings. The predicted molar refractivity (Wildman–Crippen MR) is 80.0 cm³/mol. The summed E-state index contributed by atoms with van der Waals surface area (Å²) in [5.41, 5.74) is 7.35. The molecule has 0 heterocycles. The fourth-order valence-corrected chi connectivity index (χ4v) is 3.55. The smallest absolute Gasteiger partial charge is 0.0371 e. The maximum atomic E-state index is 5.93. The van der Waals surface area contributed by atoms with Gasteiger partial charge in [-0.2, -0.15) is 0 Å². The maximum absolute atomic E-state index is 5.93. The largest absolute Gasteiger partial charge is 0.328 e. The van der Waals surface area contributed by atoms with Crippen molar-refractivity contribution in [1.29, 1.82) is 0 Å². The second-order valence-electron chi connectivity index (χ2n) is 5.40. The first-order valence-electron chi connectivity index (χ1n) is 6.76. The normalized spacial score (nSPS) is 24.9. The summed E-state index contributed by atoms with van der Waals surface area (Å²) >= 11 is 1.90. The Bertz CT molecular complexity index is 369. The Hall–Kier alpha value is -0.510. The number of thioether (sulfide) groups is 1. The lowest BCUT2D eigenvalue weighted by molar-refractivity contribution is 0.123. The van der Waals surface area contributed by atoms with Crippen LogP contribution in [0.5, 0.6) is 0 Å². The van der Waals surface area contributed by atoms with Gasteiger partial charge in [0.1, 0.15) is 0 Å². The van der Waals surface area contributed by atoms with E-state index in [2.05, 4.69) is 50.2 Å². The Morgan fingerprint density at radius 3 is 2.33 bits per heavy atom. The van der Waals surface area contributed by atoms with Gasteiger partial charge in [0.15, 0.2) is 0 Å². The topological polar surface area (TPSA) is 29.3 Å². The molecule has 1 aromatic carbocycles. The van der Waals surface area contributed by atoms with Crippen molar-refractivity contribution in [3.63, 3.8) is 0 Å². The zero-order valence-corrected chi connectivity index (χ0v) is 12.4. The van der Waals surface area contributed by atoms with Gasteiger partial charge in [-0.3, -0.25) is 0 Å². The Labute approximate surface area is 115 Å². The van der Waals surface area contributed by atoms with Crippen molar-refractivity contribution in [2.75, 3.05) is 19.8 Å². The van der Waals surface area contributed by atoms with E-state index in [9.17, 15) is 0 Å². The van der Waals surface area contributed by atoms with Crippen LogP contribution in [-0.4, -0.2) is 30.8 Å². The van der Waals surface area contributed by atoms with E-state index in [-0.39, 0.29) is 0 Å². The third-order valence-corrected chi connectivity index (χ3v) is 4.64. The average Bonchev–Trinajstić information content (AvgIpc) is 2.29. The Morgan fingerprint density at radius 1 is 1.28 bits per heavy atom. The van der Waals surface area contributed by atoms with Gasteiger partial charge in [0.25, 0.3) is 0 Å². The molecule has 1 unspecified atom stereocenters. The highest BCUT2D eigenvalue weighted by Gasteiger charge is 2.34. The molecule has 0 saturated heterocycles. The van der Waals surface area contributed by atoms with Crippen molar-refractivity contribution in [2.24, 2.45) is 11.7 Å². The number of hydrogen-bond donors (Lipinski definition) is 1. The lowest BCUT2D eigenvalue weighted by atomic mass is 9.73. The van der Waals surface area contributed by atoms with Crippen LogP contribution < -0.4 is 5.73 Å². The molecule has 0 spiro atoms. The average molecular weight is 264 g/mol. The molecule has 0 aromatic heterocycles. The quantitative estimate of drug-likeness (QED) is 0.829. The minimum absolute atomic E-state index is 0.423. The second-order valence-corrected chi connectivity index (χ2v) is 6.74. The molecule has 18 heavy (non-hydrogen) atoms. The number of benzene rings is 1. The molecule has 100 valence electrons. The van der Waals surface area contributed by atoms with Gasteiger partial charge in [-0.1, -0.05) is 19.1 Å². The first kappa shape index (κ1) is 13.9. The monoisotopic (exact) mass is 264 g/mol. The van der Waals surface area contributed by atoms with Crippen molar-refractivity contribution >= 4 is 11.8 Å². The van der Waals surface area contributed by atoms with Crippen LogP contribution in [0.3, 0.4) is 0 Å². The molecule has 0 amide bonds. The van der Waals surface area contributed by atoms with Crippen LogP contribution in [0.1, 0.15) is 31.4 Å². The minimum Gasteiger partial charge on any atom is -0.328 e. The zero-order valence-electron chi connectivity index (χ0n) is 11.6. The summed E-state index contributed by atoms with van der Waals surface area (Å²) in [6.07, 6.45) is 2.32. The number of rotatable bonds is 5. The Kier molecular flexibility index (Phi) is 4.71. The van der Waals surface area contributed by atoms with E-state index in [1.54, 1.807) is 0 Å². The van der Waals surface area contributed by atoms with E-state index in [4.69, 9.17) is 5.73 Å². The maximum Gasteiger partial charge on any atom is 0.0371 e. The van der Waals surface area contributed by atoms with Crippen LogP contribution >= 0.6 is 11.8 Å². The molecule has 0 radical (unpaired) electrons. The summed E-state index contributed by atoms with van der Waals surface area (Å²) in [5.74, 6) is 1.85. The molecule has 3 heteroatoms. The molecular weight excluding hydrogens is 240 g/mol. The van der Waals surface area contributed by atoms with Gasteiger partial charge in [0.05, 0.1) is 0 Å². The second kappa shape index (κ2) is 6.09. The van der Waals surface area contributed by atoms with Gasteiger partial charge in [-0.15, -0.1) is 11.8 Å². The summed E-state index contributed by atoms with van der Waals surface area (Å²) in [6, 6.07) is 10.0. The molecule has 1 aliphatic rings. The molecule has 2 rings (SSSR count). The van der Waals surface area contributed by atoms with Crippen molar-refractivity contribution in [3.05, 3.63) is 29.8 Å². The van der Waals surface area contributed by atoms with Crippen LogP contribution in [-0.2, 0) is 0 Å². The van der Waals surface area contributed by atoms with Gasteiger partial charge in [-0.05, 0) is 56.3 Å². The van der Waals surface area contributed by atoms with Crippen LogP contribution in [0.15, 0.2) is 29.2 Å². The Balaban J connectivity index is 2.10. The number of hydrogen-bond acceptors (Lipinski definition) is 3. The van der Waals surface area contributed by atoms with Crippen LogP contribution in [0.25, 0.3) is 0 Å². The standard InChI is InChI=1S/C15H24N2S/c1-4-18-14-7-5-11(6-8-14)15(17(2)3)12-9-13(16)10-12/h5-8,12-13,15H,4,9-10,16H2,1-3H3. The molecule has 1 saturated carbocycles. The number of nitrogens with zero attached hydrogens (tertiary/aromatic N) is 1. The van der Waals surface area contributed by atoms with Gasteiger partial charge >= 0.3 is 0 Å². The van der Waals surface area contributed by atoms with Crippen LogP contribution in [0.2, 0.25) is 0 Å². The first-order valence-corrected chi connectivity index (χ1v) is 7.75. The summed E-state index contributed by atoms with van der Waals surface area (Å²) < 4.78 is 0. The van der Waals surface area contributed by atoms with E-state index in [1.807, 2.05) is 11.8 Å². The van der Waals surface area contributed by atoms with Crippen molar-refractivity contribution in [2.45, 2.75) is 36.7 Å².